The van der Waals surface area contributed by atoms with Crippen LogP contribution in [0.15, 0.2) is 18.2 Å². The number of carbonyl (C=O) groups is 1. The van der Waals surface area contributed by atoms with Crippen LogP contribution in [0.2, 0.25) is 5.02 Å². The molecule has 1 aromatic carbocycles. The van der Waals surface area contributed by atoms with Crippen molar-refractivity contribution in [2.45, 2.75) is 32.9 Å². The highest BCUT2D eigenvalue weighted by Gasteiger charge is 2.26. The summed E-state index contributed by atoms with van der Waals surface area (Å²) in [6.45, 7) is 8.48. The Balaban J connectivity index is 1.89. The first kappa shape index (κ1) is 17.0. The monoisotopic (exact) mass is 328 g/mol. The van der Waals surface area contributed by atoms with E-state index >= 15 is 0 Å². The zero-order valence-electron chi connectivity index (χ0n) is 13.2. The molecular formula is C16H22ClFN2O2. The smallest absolute Gasteiger partial charge is 0.410 e. The molecule has 0 spiro atoms. The van der Waals surface area contributed by atoms with E-state index in [4.69, 9.17) is 16.3 Å². The number of amides is 1. The van der Waals surface area contributed by atoms with Crippen molar-refractivity contribution in [1.29, 1.82) is 0 Å². The highest BCUT2D eigenvalue weighted by Crippen LogP contribution is 2.21. The van der Waals surface area contributed by atoms with Gasteiger partial charge in [0.25, 0.3) is 0 Å². The van der Waals surface area contributed by atoms with Gasteiger partial charge in [-0.05, 0) is 32.9 Å². The Morgan fingerprint density at radius 2 is 1.91 bits per heavy atom. The molecule has 4 nitrogen and oxygen atoms in total. The molecule has 1 aromatic rings. The van der Waals surface area contributed by atoms with Crippen molar-refractivity contribution in [1.82, 2.24) is 9.80 Å². The third-order valence-corrected chi connectivity index (χ3v) is 3.82. The number of rotatable bonds is 2. The molecule has 2 rings (SSSR count). The Morgan fingerprint density at radius 1 is 1.27 bits per heavy atom. The fourth-order valence-corrected chi connectivity index (χ4v) is 2.54. The highest BCUT2D eigenvalue weighted by molar-refractivity contribution is 6.31. The number of benzene rings is 1. The summed E-state index contributed by atoms with van der Waals surface area (Å²) in [5, 5.41) is 0.439. The van der Waals surface area contributed by atoms with Crippen LogP contribution in [0.5, 0.6) is 0 Å². The second kappa shape index (κ2) is 6.84. The Bertz CT molecular complexity index is 517. The summed E-state index contributed by atoms with van der Waals surface area (Å²) < 4.78 is 19.2. The molecule has 0 atom stereocenters. The third kappa shape index (κ3) is 4.58. The number of ether oxygens (including phenoxy) is 1. The number of carbonyl (C=O) groups excluding carboxylic acids is 1. The molecule has 0 aromatic heterocycles. The van der Waals surface area contributed by atoms with Gasteiger partial charge < -0.3 is 9.64 Å². The summed E-state index contributed by atoms with van der Waals surface area (Å²) in [5.41, 5.74) is 0.0180. The lowest BCUT2D eigenvalue weighted by atomic mass is 10.2. The molecule has 22 heavy (non-hydrogen) atoms. The van der Waals surface area contributed by atoms with Crippen LogP contribution in [0.25, 0.3) is 0 Å². The molecule has 1 aliphatic rings. The van der Waals surface area contributed by atoms with Gasteiger partial charge in [0.15, 0.2) is 0 Å². The molecule has 0 radical (unpaired) electrons. The SMILES string of the molecule is CC(C)(C)OC(=O)N1CCN(Cc2c(F)cccc2Cl)CC1. The van der Waals surface area contributed by atoms with Gasteiger partial charge in [0.1, 0.15) is 11.4 Å². The second-order valence-electron chi connectivity index (χ2n) is 6.44. The first-order valence-corrected chi connectivity index (χ1v) is 7.77. The normalized spacial score (nSPS) is 16.7. The van der Waals surface area contributed by atoms with Crippen LogP contribution in [0.4, 0.5) is 9.18 Å². The summed E-state index contributed by atoms with van der Waals surface area (Å²) in [6, 6.07) is 4.71. The lowest BCUT2D eigenvalue weighted by Crippen LogP contribution is -2.49. The van der Waals surface area contributed by atoms with Crippen molar-refractivity contribution in [3.8, 4) is 0 Å². The number of hydrogen-bond acceptors (Lipinski definition) is 3. The molecule has 0 unspecified atom stereocenters. The minimum atomic E-state index is -0.491. The van der Waals surface area contributed by atoms with Gasteiger partial charge in [-0.1, -0.05) is 17.7 Å². The van der Waals surface area contributed by atoms with Crippen LogP contribution >= 0.6 is 11.6 Å². The second-order valence-corrected chi connectivity index (χ2v) is 6.85. The molecule has 1 amide bonds. The van der Waals surface area contributed by atoms with Gasteiger partial charge in [-0.25, -0.2) is 9.18 Å². The number of hydrogen-bond donors (Lipinski definition) is 0. The van der Waals surface area contributed by atoms with Gasteiger partial charge in [0.05, 0.1) is 0 Å². The fourth-order valence-electron chi connectivity index (χ4n) is 2.32. The quantitative estimate of drug-likeness (QED) is 0.832. The van der Waals surface area contributed by atoms with Crippen LogP contribution in [-0.2, 0) is 11.3 Å². The first-order valence-electron chi connectivity index (χ1n) is 7.39. The minimum Gasteiger partial charge on any atom is -0.444 e. The molecule has 0 bridgehead atoms. The van der Waals surface area contributed by atoms with E-state index in [2.05, 4.69) is 4.90 Å². The molecule has 0 saturated carbocycles. The fraction of sp³-hybridized carbons (Fsp3) is 0.562. The molecule has 122 valence electrons. The van der Waals surface area contributed by atoms with E-state index in [1.807, 2.05) is 20.8 Å². The molecule has 0 aliphatic carbocycles. The first-order chi connectivity index (χ1) is 10.3. The Kier molecular flexibility index (Phi) is 5.29. The van der Waals surface area contributed by atoms with Crippen molar-refractivity contribution in [3.63, 3.8) is 0 Å². The maximum Gasteiger partial charge on any atom is 0.410 e. The number of halogens is 2. The summed E-state index contributed by atoms with van der Waals surface area (Å²) in [5.74, 6) is -0.290. The average Bonchev–Trinajstić information content (AvgIpc) is 2.42. The summed E-state index contributed by atoms with van der Waals surface area (Å²) >= 11 is 6.05. The van der Waals surface area contributed by atoms with Crippen molar-refractivity contribution >= 4 is 17.7 Å². The molecule has 1 fully saturated rings. The molecular weight excluding hydrogens is 307 g/mol. The highest BCUT2D eigenvalue weighted by atomic mass is 35.5. The van der Waals surface area contributed by atoms with Crippen LogP contribution in [0, 0.1) is 5.82 Å². The predicted octanol–water partition coefficient (Wildman–Crippen LogP) is 3.53. The lowest BCUT2D eigenvalue weighted by Gasteiger charge is -2.35. The Morgan fingerprint density at radius 3 is 2.45 bits per heavy atom. The van der Waals surface area contributed by atoms with E-state index in [1.165, 1.54) is 6.07 Å². The van der Waals surface area contributed by atoms with Crippen LogP contribution in [0.1, 0.15) is 26.3 Å². The number of piperazine rings is 1. The van der Waals surface area contributed by atoms with E-state index in [9.17, 15) is 9.18 Å². The van der Waals surface area contributed by atoms with E-state index < -0.39 is 5.60 Å². The van der Waals surface area contributed by atoms with Crippen molar-refractivity contribution in [2.75, 3.05) is 26.2 Å². The van der Waals surface area contributed by atoms with Gasteiger partial charge in [0.2, 0.25) is 0 Å². The van der Waals surface area contributed by atoms with Gasteiger partial charge in [-0.2, -0.15) is 0 Å². The van der Waals surface area contributed by atoms with E-state index in [0.29, 0.717) is 43.3 Å². The number of nitrogens with zero attached hydrogens (tertiary/aromatic N) is 2. The Labute approximate surface area is 135 Å². The van der Waals surface area contributed by atoms with Crippen molar-refractivity contribution in [2.24, 2.45) is 0 Å². The topological polar surface area (TPSA) is 32.8 Å². The van der Waals surface area contributed by atoms with Gasteiger partial charge in [0, 0.05) is 43.3 Å². The zero-order chi connectivity index (χ0) is 16.3. The molecule has 0 N–H and O–H groups in total. The maximum atomic E-state index is 13.8. The molecule has 1 aliphatic heterocycles. The summed E-state index contributed by atoms with van der Waals surface area (Å²) in [7, 11) is 0. The zero-order valence-corrected chi connectivity index (χ0v) is 14.0. The van der Waals surface area contributed by atoms with Crippen LogP contribution in [0.3, 0.4) is 0 Å². The lowest BCUT2D eigenvalue weighted by molar-refractivity contribution is 0.0138. The van der Waals surface area contributed by atoms with Gasteiger partial charge in [-0.3, -0.25) is 4.90 Å². The maximum absolute atomic E-state index is 13.8. The van der Waals surface area contributed by atoms with E-state index in [0.717, 1.165) is 0 Å². The van der Waals surface area contributed by atoms with E-state index in [-0.39, 0.29) is 11.9 Å². The summed E-state index contributed by atoms with van der Waals surface area (Å²) in [4.78, 5) is 15.8. The minimum absolute atomic E-state index is 0.290. The van der Waals surface area contributed by atoms with Crippen molar-refractivity contribution < 1.29 is 13.9 Å². The summed E-state index contributed by atoms with van der Waals surface area (Å²) in [6.07, 6.45) is -0.295. The predicted molar refractivity (Wildman–Crippen MR) is 84.5 cm³/mol. The Hall–Kier alpha value is -1.33. The van der Waals surface area contributed by atoms with Crippen molar-refractivity contribution in [3.05, 3.63) is 34.6 Å². The van der Waals surface area contributed by atoms with Gasteiger partial charge in [-0.15, -0.1) is 0 Å². The standard InChI is InChI=1S/C16H22ClFN2O2/c1-16(2,3)22-15(21)20-9-7-19(8-10-20)11-12-13(17)5-4-6-14(12)18/h4-6H,7-11H2,1-3H3. The molecule has 6 heteroatoms. The molecule has 1 saturated heterocycles. The average molecular weight is 329 g/mol. The third-order valence-electron chi connectivity index (χ3n) is 3.47. The largest absolute Gasteiger partial charge is 0.444 e. The van der Waals surface area contributed by atoms with Crippen LogP contribution in [-0.4, -0.2) is 47.7 Å². The molecule has 1 heterocycles. The van der Waals surface area contributed by atoms with Crippen LogP contribution < -0.4 is 0 Å². The van der Waals surface area contributed by atoms with E-state index in [1.54, 1.807) is 17.0 Å². The van der Waals surface area contributed by atoms with Gasteiger partial charge >= 0.3 is 6.09 Å².